The first kappa shape index (κ1) is 19.2. The summed E-state index contributed by atoms with van der Waals surface area (Å²) in [5.74, 6) is -0.198. The van der Waals surface area contributed by atoms with Crippen LogP contribution in [0.2, 0.25) is 20.1 Å². The van der Waals surface area contributed by atoms with Gasteiger partial charge in [0.1, 0.15) is 5.71 Å². The third-order valence-corrected chi connectivity index (χ3v) is 5.17. The summed E-state index contributed by atoms with van der Waals surface area (Å²) in [6.45, 7) is 0. The number of rotatable bonds is 0. The quantitative estimate of drug-likeness (QED) is 0.431. The summed E-state index contributed by atoms with van der Waals surface area (Å²) < 4.78 is 0. The molecular formula is C18H11Cl4NO3. The van der Waals surface area contributed by atoms with E-state index in [0.717, 1.165) is 12.0 Å². The second-order valence-corrected chi connectivity index (χ2v) is 7.51. The van der Waals surface area contributed by atoms with E-state index in [2.05, 4.69) is 5.16 Å². The smallest absolute Gasteiger partial charge is 0.212 e. The molecule has 2 aliphatic rings. The van der Waals surface area contributed by atoms with E-state index in [1.165, 1.54) is 6.07 Å². The van der Waals surface area contributed by atoms with Gasteiger partial charge in [-0.25, -0.2) is 0 Å². The Labute approximate surface area is 169 Å². The number of hydrogen-bond acceptors (Lipinski definition) is 4. The Morgan fingerprint density at radius 2 is 1.38 bits per heavy atom. The number of ketones is 2. The highest BCUT2D eigenvalue weighted by molar-refractivity contribution is 6.53. The average molecular weight is 431 g/mol. The largest absolute Gasteiger partial charge is 0.411 e. The van der Waals surface area contributed by atoms with Gasteiger partial charge in [-0.05, 0) is 41.8 Å². The predicted molar refractivity (Wildman–Crippen MR) is 103 cm³/mol. The summed E-state index contributed by atoms with van der Waals surface area (Å²) in [4.78, 5) is 22.8. The zero-order chi connectivity index (χ0) is 19.0. The van der Waals surface area contributed by atoms with Crippen molar-refractivity contribution in [3.05, 3.63) is 66.6 Å². The fourth-order valence-electron chi connectivity index (χ4n) is 3.02. The summed E-state index contributed by atoms with van der Waals surface area (Å²) in [5.41, 5.74) is 2.85. The summed E-state index contributed by atoms with van der Waals surface area (Å²) >= 11 is 23.3. The van der Waals surface area contributed by atoms with Gasteiger partial charge in [0.05, 0.1) is 10.0 Å². The fraction of sp³-hybridized carbons (Fsp3) is 0.167. The molecule has 0 heterocycles. The molecule has 134 valence electrons. The molecule has 0 fully saturated rings. The highest BCUT2D eigenvalue weighted by atomic mass is 35.5. The van der Waals surface area contributed by atoms with Gasteiger partial charge < -0.3 is 5.21 Å². The minimum Gasteiger partial charge on any atom is -0.411 e. The molecule has 0 radical (unpaired) electrons. The molecule has 8 heteroatoms. The molecule has 26 heavy (non-hydrogen) atoms. The van der Waals surface area contributed by atoms with Crippen LogP contribution in [0.15, 0.2) is 29.4 Å². The van der Waals surface area contributed by atoms with Crippen LogP contribution in [0.1, 0.15) is 38.3 Å². The Bertz CT molecular complexity index is 969. The number of aryl methyl sites for hydroxylation is 1. The lowest BCUT2D eigenvalue weighted by atomic mass is 10.1. The van der Waals surface area contributed by atoms with Crippen molar-refractivity contribution in [1.29, 1.82) is 0 Å². The van der Waals surface area contributed by atoms with Crippen LogP contribution in [-0.2, 0) is 12.8 Å². The van der Waals surface area contributed by atoms with Crippen LogP contribution in [0.25, 0.3) is 0 Å². The first-order valence-electron chi connectivity index (χ1n) is 7.56. The van der Waals surface area contributed by atoms with Gasteiger partial charge in [-0.15, -0.1) is 0 Å². The van der Waals surface area contributed by atoms with Crippen molar-refractivity contribution < 1.29 is 14.8 Å². The van der Waals surface area contributed by atoms with Gasteiger partial charge in [0.15, 0.2) is 5.78 Å². The number of nitrogens with zero attached hydrogens (tertiary/aromatic N) is 1. The highest BCUT2D eigenvalue weighted by Crippen LogP contribution is 2.32. The maximum Gasteiger partial charge on any atom is 0.212 e. The van der Waals surface area contributed by atoms with Crippen LogP contribution >= 0.6 is 46.4 Å². The second kappa shape index (κ2) is 7.57. The number of hydrogen-bond donors (Lipinski definition) is 1. The maximum absolute atomic E-state index is 11.5. The monoisotopic (exact) mass is 429 g/mol. The standard InChI is InChI=1S/C9H5Cl2NO2.C9H6Cl2O/c10-5-1-4-2-7(12-14)9(13)8(4)6(11)3-5;10-6-3-5-1-2-8(12)9(5)7(11)4-6/h1,3,14H,2H2;3-4H,1-2H2. The minimum atomic E-state index is -0.329. The third kappa shape index (κ3) is 3.60. The second-order valence-electron chi connectivity index (χ2n) is 5.82. The first-order chi connectivity index (χ1) is 12.3. The van der Waals surface area contributed by atoms with Gasteiger partial charge in [-0.3, -0.25) is 9.59 Å². The molecule has 0 aliphatic heterocycles. The first-order valence-corrected chi connectivity index (χ1v) is 9.07. The van der Waals surface area contributed by atoms with Gasteiger partial charge in [0, 0.05) is 34.0 Å². The van der Waals surface area contributed by atoms with Crippen molar-refractivity contribution >= 4 is 63.7 Å². The molecule has 2 aliphatic carbocycles. The molecule has 0 amide bonds. The Morgan fingerprint density at radius 1 is 0.808 bits per heavy atom. The maximum atomic E-state index is 11.5. The van der Waals surface area contributed by atoms with Crippen molar-refractivity contribution in [3.63, 3.8) is 0 Å². The molecule has 1 N–H and O–H groups in total. The third-order valence-electron chi connectivity index (χ3n) is 4.14. The van der Waals surface area contributed by atoms with E-state index in [4.69, 9.17) is 51.6 Å². The summed E-state index contributed by atoms with van der Waals surface area (Å²) in [7, 11) is 0. The molecule has 0 unspecified atom stereocenters. The Kier molecular flexibility index (Phi) is 5.58. The van der Waals surface area contributed by atoms with E-state index in [-0.39, 0.29) is 23.7 Å². The molecule has 4 nitrogen and oxygen atoms in total. The molecule has 0 bridgehead atoms. The van der Waals surface area contributed by atoms with Gasteiger partial charge >= 0.3 is 0 Å². The van der Waals surface area contributed by atoms with E-state index in [0.29, 0.717) is 43.2 Å². The van der Waals surface area contributed by atoms with E-state index in [1.807, 2.05) is 6.07 Å². The molecule has 0 spiro atoms. The topological polar surface area (TPSA) is 66.7 Å². The molecule has 0 saturated carbocycles. The number of oxime groups is 1. The van der Waals surface area contributed by atoms with E-state index in [1.54, 1.807) is 12.1 Å². The van der Waals surface area contributed by atoms with Gasteiger partial charge in [-0.1, -0.05) is 51.6 Å². The Morgan fingerprint density at radius 3 is 2.00 bits per heavy atom. The van der Waals surface area contributed by atoms with E-state index >= 15 is 0 Å². The van der Waals surface area contributed by atoms with Crippen LogP contribution < -0.4 is 0 Å². The number of fused-ring (bicyclic) bond motifs is 2. The average Bonchev–Trinajstić information content (AvgIpc) is 3.08. The number of carbonyl (C=O) groups is 2. The number of benzene rings is 2. The SMILES string of the molecule is O=C1C(=NO)Cc2cc(Cl)cc(Cl)c21.O=C1CCc2cc(Cl)cc(Cl)c21. The lowest BCUT2D eigenvalue weighted by Crippen LogP contribution is -2.07. The number of carbonyl (C=O) groups excluding carboxylic acids is 2. The van der Waals surface area contributed by atoms with Crippen molar-refractivity contribution in [2.24, 2.45) is 5.16 Å². The van der Waals surface area contributed by atoms with Crippen molar-refractivity contribution in [3.8, 4) is 0 Å². The molecule has 0 atom stereocenters. The molecule has 4 rings (SSSR count). The van der Waals surface area contributed by atoms with Gasteiger partial charge in [0.25, 0.3) is 0 Å². The summed E-state index contributed by atoms with van der Waals surface area (Å²) in [6, 6.07) is 6.58. The van der Waals surface area contributed by atoms with Crippen molar-refractivity contribution in [1.82, 2.24) is 0 Å². The predicted octanol–water partition coefficient (Wildman–Crippen LogP) is 5.68. The van der Waals surface area contributed by atoms with Crippen LogP contribution in [0.4, 0.5) is 0 Å². The zero-order valence-corrected chi connectivity index (χ0v) is 16.2. The van der Waals surface area contributed by atoms with E-state index in [9.17, 15) is 9.59 Å². The minimum absolute atomic E-state index is 0.101. The van der Waals surface area contributed by atoms with Gasteiger partial charge in [0.2, 0.25) is 5.78 Å². The normalized spacial score (nSPS) is 16.4. The Hall–Kier alpha value is -1.59. The number of Topliss-reactive ketones (excluding diaryl/α,β-unsaturated/α-hetero) is 2. The lowest BCUT2D eigenvalue weighted by molar-refractivity contribution is 0.0993. The van der Waals surface area contributed by atoms with Crippen LogP contribution in [0, 0.1) is 0 Å². The van der Waals surface area contributed by atoms with Crippen LogP contribution in [0.3, 0.4) is 0 Å². The highest BCUT2D eigenvalue weighted by Gasteiger charge is 2.29. The fourth-order valence-corrected chi connectivity index (χ4v) is 4.28. The lowest BCUT2D eigenvalue weighted by Gasteiger charge is -2.00. The zero-order valence-electron chi connectivity index (χ0n) is 13.2. The number of halogens is 4. The van der Waals surface area contributed by atoms with Crippen LogP contribution in [-0.4, -0.2) is 22.5 Å². The molecular weight excluding hydrogens is 420 g/mol. The molecule has 2 aromatic rings. The summed E-state index contributed by atoms with van der Waals surface area (Å²) in [5, 5.41) is 13.3. The van der Waals surface area contributed by atoms with Crippen LogP contribution in [0.5, 0.6) is 0 Å². The Balaban J connectivity index is 0.000000152. The van der Waals surface area contributed by atoms with Gasteiger partial charge in [-0.2, -0.15) is 0 Å². The molecule has 2 aromatic carbocycles. The van der Waals surface area contributed by atoms with Crippen molar-refractivity contribution in [2.75, 3.05) is 0 Å². The molecule has 0 aromatic heterocycles. The summed E-state index contributed by atoms with van der Waals surface area (Å²) in [6.07, 6.45) is 1.62. The van der Waals surface area contributed by atoms with Crippen molar-refractivity contribution in [2.45, 2.75) is 19.3 Å². The van der Waals surface area contributed by atoms with E-state index < -0.39 is 0 Å². The molecule has 0 saturated heterocycles.